The molecule has 0 saturated heterocycles. The van der Waals surface area contributed by atoms with E-state index in [2.05, 4.69) is 10.6 Å². The molecule has 1 saturated carbocycles. The molecule has 0 aliphatic heterocycles. The fraction of sp³-hybridized carbons (Fsp3) is 0.786. The number of rotatable bonds is 7. The summed E-state index contributed by atoms with van der Waals surface area (Å²) in [6.07, 6.45) is 2.70. The summed E-state index contributed by atoms with van der Waals surface area (Å²) in [7, 11) is 0. The molecule has 0 heterocycles. The normalized spacial score (nSPS) is 23.1. The minimum absolute atomic E-state index is 0.0746. The molecule has 20 heavy (non-hydrogen) atoms. The molecule has 1 aliphatic rings. The molecule has 0 bridgehead atoms. The van der Waals surface area contributed by atoms with Gasteiger partial charge in [0.1, 0.15) is 0 Å². The van der Waals surface area contributed by atoms with Gasteiger partial charge in [-0.05, 0) is 32.6 Å². The Morgan fingerprint density at radius 3 is 2.45 bits per heavy atom. The maximum atomic E-state index is 11.8. The molecule has 6 nitrogen and oxygen atoms in total. The van der Waals surface area contributed by atoms with Crippen molar-refractivity contribution in [2.75, 3.05) is 6.54 Å². The molecule has 0 aromatic carbocycles. The Labute approximate surface area is 119 Å². The van der Waals surface area contributed by atoms with Gasteiger partial charge in [0.15, 0.2) is 0 Å². The molecule has 3 atom stereocenters. The van der Waals surface area contributed by atoms with E-state index in [0.29, 0.717) is 25.8 Å². The minimum Gasteiger partial charge on any atom is -0.481 e. The molecule has 1 aliphatic carbocycles. The van der Waals surface area contributed by atoms with Gasteiger partial charge in [0, 0.05) is 24.9 Å². The third-order valence-electron chi connectivity index (χ3n) is 3.82. The molecule has 114 valence electrons. The lowest BCUT2D eigenvalue weighted by Gasteiger charge is -2.13. The SMILES string of the molecule is CCC(C)NC(=O)CCNC(=O)[C@@H]1CC[C@H](C(=O)O)C1. The summed E-state index contributed by atoms with van der Waals surface area (Å²) >= 11 is 0. The van der Waals surface area contributed by atoms with Crippen molar-refractivity contribution in [2.45, 2.75) is 52.0 Å². The van der Waals surface area contributed by atoms with Crippen molar-refractivity contribution in [3.8, 4) is 0 Å². The van der Waals surface area contributed by atoms with Crippen molar-refractivity contribution in [2.24, 2.45) is 11.8 Å². The first-order valence-corrected chi connectivity index (χ1v) is 7.23. The van der Waals surface area contributed by atoms with Crippen LogP contribution in [0.5, 0.6) is 0 Å². The van der Waals surface area contributed by atoms with Crippen molar-refractivity contribution >= 4 is 17.8 Å². The average molecular weight is 284 g/mol. The second-order valence-electron chi connectivity index (χ2n) is 5.46. The predicted molar refractivity (Wildman–Crippen MR) is 74.0 cm³/mol. The van der Waals surface area contributed by atoms with Crippen LogP contribution >= 0.6 is 0 Å². The number of aliphatic carboxylic acids is 1. The molecule has 1 rings (SSSR count). The van der Waals surface area contributed by atoms with Gasteiger partial charge in [-0.2, -0.15) is 0 Å². The lowest BCUT2D eigenvalue weighted by molar-refractivity contribution is -0.141. The lowest BCUT2D eigenvalue weighted by atomic mass is 10.0. The molecular formula is C14H24N2O4. The molecule has 0 aromatic rings. The highest BCUT2D eigenvalue weighted by atomic mass is 16.4. The van der Waals surface area contributed by atoms with Gasteiger partial charge in [-0.15, -0.1) is 0 Å². The largest absolute Gasteiger partial charge is 0.481 e. The highest BCUT2D eigenvalue weighted by Crippen LogP contribution is 2.30. The van der Waals surface area contributed by atoms with Crippen molar-refractivity contribution in [1.29, 1.82) is 0 Å². The van der Waals surface area contributed by atoms with E-state index >= 15 is 0 Å². The van der Waals surface area contributed by atoms with Gasteiger partial charge >= 0.3 is 5.97 Å². The summed E-state index contributed by atoms with van der Waals surface area (Å²) in [5.41, 5.74) is 0. The lowest BCUT2D eigenvalue weighted by Crippen LogP contribution is -2.36. The number of hydrogen-bond donors (Lipinski definition) is 3. The third kappa shape index (κ3) is 5.19. The summed E-state index contributed by atoms with van der Waals surface area (Å²) in [5.74, 6) is -1.67. The Balaban J connectivity index is 2.21. The number of carboxylic acids is 1. The molecule has 6 heteroatoms. The van der Waals surface area contributed by atoms with Crippen LogP contribution < -0.4 is 10.6 Å². The summed E-state index contributed by atoms with van der Waals surface area (Å²) in [6, 6.07) is 0.143. The second kappa shape index (κ2) is 7.87. The Hall–Kier alpha value is -1.59. The zero-order valence-electron chi connectivity index (χ0n) is 12.1. The number of carboxylic acid groups (broad SMARTS) is 1. The fourth-order valence-corrected chi connectivity index (χ4v) is 2.34. The van der Waals surface area contributed by atoms with Gasteiger partial charge in [-0.25, -0.2) is 0 Å². The Kier molecular flexibility index (Phi) is 6.48. The standard InChI is InChI=1S/C14H24N2O4/c1-3-9(2)16-12(17)6-7-15-13(18)10-4-5-11(8-10)14(19)20/h9-11H,3-8H2,1-2H3,(H,15,18)(H,16,17)(H,19,20)/t9?,10-,11+/m1/s1. The molecule has 1 fully saturated rings. The predicted octanol–water partition coefficient (Wildman–Crippen LogP) is 0.908. The first kappa shape index (κ1) is 16.5. The molecule has 0 spiro atoms. The van der Waals surface area contributed by atoms with E-state index in [1.807, 2.05) is 13.8 Å². The smallest absolute Gasteiger partial charge is 0.306 e. The van der Waals surface area contributed by atoms with Crippen LogP contribution in [0.1, 0.15) is 46.0 Å². The van der Waals surface area contributed by atoms with Gasteiger partial charge in [-0.3, -0.25) is 14.4 Å². The number of amides is 2. The summed E-state index contributed by atoms with van der Waals surface area (Å²) in [5, 5.41) is 14.4. The summed E-state index contributed by atoms with van der Waals surface area (Å²) in [6.45, 7) is 4.22. The van der Waals surface area contributed by atoms with Crippen LogP contribution in [0.2, 0.25) is 0 Å². The number of hydrogen-bond acceptors (Lipinski definition) is 3. The van der Waals surface area contributed by atoms with E-state index in [-0.39, 0.29) is 30.2 Å². The Morgan fingerprint density at radius 1 is 1.25 bits per heavy atom. The maximum Gasteiger partial charge on any atom is 0.306 e. The van der Waals surface area contributed by atoms with E-state index in [1.54, 1.807) is 0 Å². The van der Waals surface area contributed by atoms with E-state index in [1.165, 1.54) is 0 Å². The van der Waals surface area contributed by atoms with Crippen LogP contribution in [0.4, 0.5) is 0 Å². The topological polar surface area (TPSA) is 95.5 Å². The monoisotopic (exact) mass is 284 g/mol. The molecule has 2 amide bonds. The zero-order valence-corrected chi connectivity index (χ0v) is 12.1. The molecular weight excluding hydrogens is 260 g/mol. The molecule has 0 aromatic heterocycles. The van der Waals surface area contributed by atoms with Crippen LogP contribution in [0.3, 0.4) is 0 Å². The molecule has 0 radical (unpaired) electrons. The summed E-state index contributed by atoms with van der Waals surface area (Å²) in [4.78, 5) is 34.2. The Bertz CT molecular complexity index is 370. The van der Waals surface area contributed by atoms with Crippen molar-refractivity contribution in [3.63, 3.8) is 0 Å². The highest BCUT2D eigenvalue weighted by molar-refractivity contribution is 5.82. The quantitative estimate of drug-likeness (QED) is 0.647. The first-order valence-electron chi connectivity index (χ1n) is 7.23. The van der Waals surface area contributed by atoms with Crippen molar-refractivity contribution in [1.82, 2.24) is 10.6 Å². The highest BCUT2D eigenvalue weighted by Gasteiger charge is 2.33. The summed E-state index contributed by atoms with van der Waals surface area (Å²) < 4.78 is 0. The van der Waals surface area contributed by atoms with Gasteiger partial charge in [0.05, 0.1) is 5.92 Å². The van der Waals surface area contributed by atoms with Gasteiger partial charge in [0.2, 0.25) is 11.8 Å². The van der Waals surface area contributed by atoms with Crippen LogP contribution in [-0.4, -0.2) is 35.5 Å². The average Bonchev–Trinajstić information content (AvgIpc) is 2.88. The maximum absolute atomic E-state index is 11.8. The zero-order chi connectivity index (χ0) is 15.1. The molecule has 3 N–H and O–H groups in total. The van der Waals surface area contributed by atoms with Crippen molar-refractivity contribution in [3.05, 3.63) is 0 Å². The van der Waals surface area contributed by atoms with E-state index < -0.39 is 11.9 Å². The van der Waals surface area contributed by atoms with Crippen LogP contribution in [0, 0.1) is 11.8 Å². The van der Waals surface area contributed by atoms with E-state index in [0.717, 1.165) is 6.42 Å². The Morgan fingerprint density at radius 2 is 1.90 bits per heavy atom. The third-order valence-corrected chi connectivity index (χ3v) is 3.82. The number of carbonyl (C=O) groups excluding carboxylic acids is 2. The second-order valence-corrected chi connectivity index (χ2v) is 5.46. The van der Waals surface area contributed by atoms with Gasteiger partial charge in [0.25, 0.3) is 0 Å². The van der Waals surface area contributed by atoms with E-state index in [9.17, 15) is 14.4 Å². The van der Waals surface area contributed by atoms with E-state index in [4.69, 9.17) is 5.11 Å². The van der Waals surface area contributed by atoms with Gasteiger partial charge in [-0.1, -0.05) is 6.92 Å². The number of carbonyl (C=O) groups is 3. The molecule has 1 unspecified atom stereocenters. The van der Waals surface area contributed by atoms with Crippen LogP contribution in [0.15, 0.2) is 0 Å². The number of nitrogens with one attached hydrogen (secondary N) is 2. The minimum atomic E-state index is -0.826. The van der Waals surface area contributed by atoms with Crippen LogP contribution in [0.25, 0.3) is 0 Å². The fourth-order valence-electron chi connectivity index (χ4n) is 2.34. The van der Waals surface area contributed by atoms with Crippen molar-refractivity contribution < 1.29 is 19.5 Å². The first-order chi connectivity index (χ1) is 9.43. The van der Waals surface area contributed by atoms with Gasteiger partial charge < -0.3 is 15.7 Å². The van der Waals surface area contributed by atoms with Crippen LogP contribution in [-0.2, 0) is 14.4 Å².